The number of hydrogen-bond acceptors (Lipinski definition) is 5. The quantitative estimate of drug-likeness (QED) is 0.577. The van der Waals surface area contributed by atoms with Crippen molar-refractivity contribution in [2.45, 2.75) is 58.5 Å². The molecule has 172 valence electrons. The van der Waals surface area contributed by atoms with Crippen LogP contribution >= 0.6 is 23.8 Å². The lowest BCUT2D eigenvalue weighted by Gasteiger charge is -2.36. The van der Waals surface area contributed by atoms with E-state index in [1.807, 2.05) is 24.3 Å². The fraction of sp³-hybridized carbons (Fsp3) is 0.542. The van der Waals surface area contributed by atoms with Crippen molar-refractivity contribution >= 4 is 46.5 Å². The molecular weight excluding hydrogens is 440 g/mol. The van der Waals surface area contributed by atoms with Gasteiger partial charge in [-0.2, -0.15) is 9.97 Å². The topological polar surface area (TPSA) is 56.3 Å². The largest absolute Gasteiger partial charge is 0.358 e. The van der Waals surface area contributed by atoms with Crippen molar-refractivity contribution in [1.82, 2.24) is 15.3 Å². The number of nitrogens with zero attached hydrogens (tertiary/aromatic N) is 4. The van der Waals surface area contributed by atoms with Crippen LogP contribution in [0.1, 0.15) is 51.5 Å². The van der Waals surface area contributed by atoms with E-state index in [-0.39, 0.29) is 0 Å². The lowest BCUT2D eigenvalue weighted by Crippen LogP contribution is -2.39. The van der Waals surface area contributed by atoms with E-state index in [4.69, 9.17) is 33.8 Å². The molecule has 1 atom stereocenters. The standard InChI is InChI=1S/C24H33ClN6S/c1-17-10-13-30(14-11-17)21-15-22(31-12-4-3-5-18(31)2)28-23(27-21)29-24(32)26-16-19-6-8-20(25)9-7-19/h6-9,15,17-18H,3-5,10-14,16H2,1-2H3,(H2,26,27,28,29,32)/t18-/m1/s1. The van der Waals surface area contributed by atoms with Gasteiger partial charge in [-0.3, -0.25) is 0 Å². The Labute approximate surface area is 201 Å². The predicted molar refractivity (Wildman–Crippen MR) is 138 cm³/mol. The van der Waals surface area contributed by atoms with Gasteiger partial charge < -0.3 is 20.4 Å². The summed E-state index contributed by atoms with van der Waals surface area (Å²) in [5.41, 5.74) is 1.11. The third-order valence-electron chi connectivity index (χ3n) is 6.50. The summed E-state index contributed by atoms with van der Waals surface area (Å²) in [7, 11) is 0. The van der Waals surface area contributed by atoms with Crippen molar-refractivity contribution in [2.75, 3.05) is 34.8 Å². The van der Waals surface area contributed by atoms with Crippen LogP contribution < -0.4 is 20.4 Å². The summed E-state index contributed by atoms with van der Waals surface area (Å²) >= 11 is 11.5. The van der Waals surface area contributed by atoms with Crippen molar-refractivity contribution in [3.8, 4) is 0 Å². The lowest BCUT2D eigenvalue weighted by atomic mass is 9.99. The van der Waals surface area contributed by atoms with E-state index in [1.54, 1.807) is 0 Å². The van der Waals surface area contributed by atoms with Crippen LogP contribution in [0.15, 0.2) is 30.3 Å². The molecule has 0 unspecified atom stereocenters. The number of hydrogen-bond donors (Lipinski definition) is 2. The van der Waals surface area contributed by atoms with Gasteiger partial charge in [-0.1, -0.05) is 30.7 Å². The number of piperidine rings is 2. The molecule has 0 saturated carbocycles. The summed E-state index contributed by atoms with van der Waals surface area (Å²) in [6.45, 7) is 8.33. The SMILES string of the molecule is CC1CCN(c2cc(N3CCCC[C@H]3C)nc(NC(=S)NCc3ccc(Cl)cc3)n2)CC1. The van der Waals surface area contributed by atoms with Gasteiger partial charge in [0, 0.05) is 43.3 Å². The molecule has 0 aliphatic carbocycles. The predicted octanol–water partition coefficient (Wildman–Crippen LogP) is 5.23. The molecule has 2 saturated heterocycles. The first-order valence-electron chi connectivity index (χ1n) is 11.7. The maximum absolute atomic E-state index is 5.97. The summed E-state index contributed by atoms with van der Waals surface area (Å²) in [4.78, 5) is 14.5. The summed E-state index contributed by atoms with van der Waals surface area (Å²) < 4.78 is 0. The first kappa shape index (κ1) is 23.1. The van der Waals surface area contributed by atoms with E-state index in [2.05, 4.69) is 40.3 Å². The molecule has 0 bridgehead atoms. The lowest BCUT2D eigenvalue weighted by molar-refractivity contribution is 0.436. The van der Waals surface area contributed by atoms with Gasteiger partial charge in [0.15, 0.2) is 5.11 Å². The van der Waals surface area contributed by atoms with Crippen molar-refractivity contribution in [3.63, 3.8) is 0 Å². The normalized spacial score (nSPS) is 19.7. The summed E-state index contributed by atoms with van der Waals surface area (Å²) in [5, 5.41) is 7.72. The number of nitrogens with one attached hydrogen (secondary N) is 2. The summed E-state index contributed by atoms with van der Waals surface area (Å²) in [5.74, 6) is 3.31. The second-order valence-corrected chi connectivity index (χ2v) is 9.89. The van der Waals surface area contributed by atoms with Crippen molar-refractivity contribution in [3.05, 3.63) is 40.9 Å². The number of halogens is 1. The van der Waals surface area contributed by atoms with E-state index in [0.29, 0.717) is 23.6 Å². The summed E-state index contributed by atoms with van der Waals surface area (Å²) in [6, 6.07) is 10.4. The molecule has 2 N–H and O–H groups in total. The Morgan fingerprint density at radius 2 is 1.75 bits per heavy atom. The number of benzene rings is 1. The maximum atomic E-state index is 5.97. The molecule has 0 radical (unpaired) electrons. The molecule has 0 amide bonds. The van der Waals surface area contributed by atoms with E-state index in [9.17, 15) is 0 Å². The minimum atomic E-state index is 0.482. The molecule has 1 aromatic heterocycles. The van der Waals surface area contributed by atoms with Gasteiger partial charge in [-0.25, -0.2) is 0 Å². The van der Waals surface area contributed by atoms with Crippen LogP contribution in [0.4, 0.5) is 17.6 Å². The zero-order valence-electron chi connectivity index (χ0n) is 19.0. The highest BCUT2D eigenvalue weighted by Crippen LogP contribution is 2.29. The first-order chi connectivity index (χ1) is 15.5. The molecule has 2 fully saturated rings. The van der Waals surface area contributed by atoms with Gasteiger partial charge in [0.2, 0.25) is 5.95 Å². The number of aromatic nitrogens is 2. The average Bonchev–Trinajstić information content (AvgIpc) is 2.79. The van der Waals surface area contributed by atoms with Gasteiger partial charge in [-0.15, -0.1) is 0 Å². The van der Waals surface area contributed by atoms with Gasteiger partial charge >= 0.3 is 0 Å². The highest BCUT2D eigenvalue weighted by molar-refractivity contribution is 7.80. The Morgan fingerprint density at radius 3 is 2.47 bits per heavy atom. The van der Waals surface area contributed by atoms with Crippen LogP contribution in [0.25, 0.3) is 0 Å². The Balaban J connectivity index is 1.50. The minimum absolute atomic E-state index is 0.482. The molecule has 0 spiro atoms. The minimum Gasteiger partial charge on any atom is -0.358 e. The van der Waals surface area contributed by atoms with Crippen LogP contribution in [0.3, 0.4) is 0 Å². The number of anilines is 3. The van der Waals surface area contributed by atoms with Gasteiger partial charge in [0.25, 0.3) is 0 Å². The Kier molecular flexibility index (Phi) is 7.68. The second kappa shape index (κ2) is 10.7. The molecule has 6 nitrogen and oxygen atoms in total. The van der Waals surface area contributed by atoms with Crippen LogP contribution in [0.2, 0.25) is 5.02 Å². The molecule has 3 heterocycles. The Hall–Kier alpha value is -2.12. The van der Waals surface area contributed by atoms with E-state index < -0.39 is 0 Å². The van der Waals surface area contributed by atoms with Gasteiger partial charge in [0.05, 0.1) is 0 Å². The fourth-order valence-electron chi connectivity index (χ4n) is 4.39. The molecule has 2 aromatic rings. The van der Waals surface area contributed by atoms with Crippen molar-refractivity contribution in [1.29, 1.82) is 0 Å². The highest BCUT2D eigenvalue weighted by atomic mass is 35.5. The first-order valence-corrected chi connectivity index (χ1v) is 12.5. The number of thiocarbonyl (C=S) groups is 1. The van der Waals surface area contributed by atoms with Crippen LogP contribution in [-0.2, 0) is 6.54 Å². The highest BCUT2D eigenvalue weighted by Gasteiger charge is 2.24. The second-order valence-electron chi connectivity index (χ2n) is 9.05. The molecule has 1 aromatic carbocycles. The zero-order chi connectivity index (χ0) is 22.5. The third-order valence-corrected chi connectivity index (χ3v) is 6.99. The monoisotopic (exact) mass is 472 g/mol. The van der Waals surface area contributed by atoms with Gasteiger partial charge in [-0.05, 0) is 74.9 Å². The maximum Gasteiger partial charge on any atom is 0.232 e. The third kappa shape index (κ3) is 6.01. The van der Waals surface area contributed by atoms with Crippen LogP contribution in [0.5, 0.6) is 0 Å². The van der Waals surface area contributed by atoms with Gasteiger partial charge in [0.1, 0.15) is 11.6 Å². The van der Waals surface area contributed by atoms with Crippen molar-refractivity contribution < 1.29 is 0 Å². The van der Waals surface area contributed by atoms with E-state index >= 15 is 0 Å². The van der Waals surface area contributed by atoms with E-state index in [0.717, 1.165) is 47.8 Å². The molecule has 2 aliphatic heterocycles. The van der Waals surface area contributed by atoms with E-state index in [1.165, 1.54) is 32.1 Å². The molecule has 8 heteroatoms. The molecule has 2 aliphatic rings. The number of rotatable bonds is 5. The fourth-order valence-corrected chi connectivity index (χ4v) is 4.68. The Morgan fingerprint density at radius 1 is 1.03 bits per heavy atom. The molecule has 32 heavy (non-hydrogen) atoms. The van der Waals surface area contributed by atoms with Crippen LogP contribution in [-0.4, -0.2) is 40.8 Å². The smallest absolute Gasteiger partial charge is 0.232 e. The molecular formula is C24H33ClN6S. The Bertz CT molecular complexity index is 913. The zero-order valence-corrected chi connectivity index (χ0v) is 20.6. The summed E-state index contributed by atoms with van der Waals surface area (Å²) in [6.07, 6.45) is 6.08. The average molecular weight is 473 g/mol. The van der Waals surface area contributed by atoms with Crippen molar-refractivity contribution in [2.24, 2.45) is 5.92 Å². The molecule has 4 rings (SSSR count). The van der Waals surface area contributed by atoms with Crippen LogP contribution in [0, 0.1) is 5.92 Å².